The zero-order chi connectivity index (χ0) is 14.7. The quantitative estimate of drug-likeness (QED) is 0.808. The average molecular weight is 307 g/mol. The third-order valence-electron chi connectivity index (χ3n) is 3.62. The van der Waals surface area contributed by atoms with E-state index in [1.807, 2.05) is 17.5 Å². The first kappa shape index (κ1) is 14.2. The fourth-order valence-electron chi connectivity index (χ4n) is 2.57. The summed E-state index contributed by atoms with van der Waals surface area (Å²) in [7, 11) is 1.43. The molecule has 6 nitrogen and oxygen atoms in total. The Balaban J connectivity index is 1.71. The molecule has 7 heteroatoms. The summed E-state index contributed by atoms with van der Waals surface area (Å²) in [4.78, 5) is 14.8. The van der Waals surface area contributed by atoms with Crippen molar-refractivity contribution >= 4 is 17.3 Å². The van der Waals surface area contributed by atoms with Gasteiger partial charge in [0.15, 0.2) is 0 Å². The fraction of sp³-hybridized carbons (Fsp3) is 0.500. The van der Waals surface area contributed by atoms with Crippen molar-refractivity contribution in [3.8, 4) is 10.8 Å². The molecule has 0 aromatic carbocycles. The summed E-state index contributed by atoms with van der Waals surface area (Å²) in [6.07, 6.45) is 2.93. The number of ether oxygens (including phenoxy) is 1. The van der Waals surface area contributed by atoms with Crippen LogP contribution in [0.1, 0.15) is 25.2 Å². The van der Waals surface area contributed by atoms with Crippen molar-refractivity contribution in [1.29, 1.82) is 0 Å². The molecule has 3 rings (SSSR count). The number of hydrogen-bond donors (Lipinski definition) is 0. The minimum atomic E-state index is -0.208. The van der Waals surface area contributed by atoms with E-state index in [9.17, 15) is 4.79 Å². The number of carbonyl (C=O) groups is 1. The van der Waals surface area contributed by atoms with Gasteiger partial charge in [-0.3, -0.25) is 9.69 Å². The number of likely N-dealkylation sites (tertiary alicyclic amines) is 1. The second-order valence-electron chi connectivity index (χ2n) is 4.98. The first-order valence-corrected chi connectivity index (χ1v) is 7.84. The van der Waals surface area contributed by atoms with Crippen molar-refractivity contribution in [2.75, 3.05) is 13.7 Å². The molecule has 1 saturated heterocycles. The molecule has 112 valence electrons. The zero-order valence-electron chi connectivity index (χ0n) is 11.8. The van der Waals surface area contributed by atoms with E-state index >= 15 is 0 Å². The van der Waals surface area contributed by atoms with Gasteiger partial charge in [0.25, 0.3) is 5.89 Å². The summed E-state index contributed by atoms with van der Waals surface area (Å²) in [6, 6.07) is 3.68. The Morgan fingerprint density at radius 3 is 3.19 bits per heavy atom. The third-order valence-corrected chi connectivity index (χ3v) is 4.48. The molecule has 0 saturated carbocycles. The first-order chi connectivity index (χ1) is 10.3. The summed E-state index contributed by atoms with van der Waals surface area (Å²) < 4.78 is 10.6. The number of esters is 1. The van der Waals surface area contributed by atoms with Gasteiger partial charge >= 0.3 is 5.97 Å². The lowest BCUT2D eigenvalue weighted by molar-refractivity contribution is -0.148. The molecular weight excluding hydrogens is 290 g/mol. The molecule has 1 aliphatic rings. The highest BCUT2D eigenvalue weighted by atomic mass is 32.1. The van der Waals surface area contributed by atoms with E-state index in [1.54, 1.807) is 11.3 Å². The van der Waals surface area contributed by atoms with Gasteiger partial charge in [0, 0.05) is 0 Å². The predicted molar refractivity (Wildman–Crippen MR) is 77.7 cm³/mol. The Labute approximate surface area is 126 Å². The Hall–Kier alpha value is -1.73. The number of piperidine rings is 1. The van der Waals surface area contributed by atoms with Crippen LogP contribution in [0.5, 0.6) is 0 Å². The summed E-state index contributed by atoms with van der Waals surface area (Å²) >= 11 is 1.56. The molecule has 2 aromatic heterocycles. The first-order valence-electron chi connectivity index (χ1n) is 6.96. The normalized spacial score (nSPS) is 19.6. The zero-order valence-corrected chi connectivity index (χ0v) is 12.6. The van der Waals surface area contributed by atoms with Crippen LogP contribution < -0.4 is 0 Å². The van der Waals surface area contributed by atoms with Gasteiger partial charge in [0.2, 0.25) is 5.89 Å². The highest BCUT2D eigenvalue weighted by Crippen LogP contribution is 2.25. The standard InChI is InChI=1S/C14H17N3O3S/c1-19-14(18)10-5-2-3-7-17(10)9-12-15-16-13(20-12)11-6-4-8-21-11/h4,6,8,10H,2-3,5,7,9H2,1H3. The van der Waals surface area contributed by atoms with E-state index in [-0.39, 0.29) is 12.0 Å². The molecule has 1 atom stereocenters. The van der Waals surface area contributed by atoms with Crippen molar-refractivity contribution in [2.45, 2.75) is 31.8 Å². The van der Waals surface area contributed by atoms with Crippen LogP contribution in [-0.4, -0.2) is 40.8 Å². The number of nitrogens with zero attached hydrogens (tertiary/aromatic N) is 3. The number of rotatable bonds is 4. The molecule has 0 aliphatic carbocycles. The predicted octanol–water partition coefficient (Wildman–Crippen LogP) is 2.33. The summed E-state index contributed by atoms with van der Waals surface area (Å²) in [5.74, 6) is 0.883. The van der Waals surface area contributed by atoms with E-state index in [4.69, 9.17) is 9.15 Å². The molecule has 1 fully saturated rings. The highest BCUT2D eigenvalue weighted by molar-refractivity contribution is 7.13. The van der Waals surface area contributed by atoms with Crippen LogP contribution in [0, 0.1) is 0 Å². The molecule has 0 N–H and O–H groups in total. The van der Waals surface area contributed by atoms with Crippen LogP contribution >= 0.6 is 11.3 Å². The van der Waals surface area contributed by atoms with E-state index in [0.717, 1.165) is 30.7 Å². The molecule has 1 aliphatic heterocycles. The van der Waals surface area contributed by atoms with Crippen LogP contribution in [0.4, 0.5) is 0 Å². The molecule has 0 amide bonds. The number of aromatic nitrogens is 2. The van der Waals surface area contributed by atoms with Gasteiger partial charge in [-0.15, -0.1) is 21.5 Å². The third kappa shape index (κ3) is 3.14. The van der Waals surface area contributed by atoms with E-state index in [1.165, 1.54) is 7.11 Å². The maximum atomic E-state index is 11.8. The van der Waals surface area contributed by atoms with Crippen molar-refractivity contribution in [2.24, 2.45) is 0 Å². The van der Waals surface area contributed by atoms with E-state index < -0.39 is 0 Å². The topological polar surface area (TPSA) is 68.5 Å². The monoisotopic (exact) mass is 307 g/mol. The lowest BCUT2D eigenvalue weighted by atomic mass is 10.0. The lowest BCUT2D eigenvalue weighted by Gasteiger charge is -2.32. The SMILES string of the molecule is COC(=O)C1CCCCN1Cc1nnc(-c2cccs2)o1. The average Bonchev–Trinajstić information content (AvgIpc) is 3.18. The summed E-state index contributed by atoms with van der Waals surface area (Å²) in [5.41, 5.74) is 0. The Kier molecular flexibility index (Phi) is 4.31. The van der Waals surface area contributed by atoms with Gasteiger partial charge in [-0.2, -0.15) is 0 Å². The van der Waals surface area contributed by atoms with Crippen LogP contribution in [0.25, 0.3) is 10.8 Å². The second-order valence-corrected chi connectivity index (χ2v) is 5.93. The molecule has 3 heterocycles. The van der Waals surface area contributed by atoms with E-state index in [2.05, 4.69) is 15.1 Å². The molecule has 2 aromatic rings. The Morgan fingerprint density at radius 1 is 1.52 bits per heavy atom. The lowest BCUT2D eigenvalue weighted by Crippen LogP contribution is -2.44. The molecular formula is C14H17N3O3S. The minimum Gasteiger partial charge on any atom is -0.468 e. The fourth-order valence-corrected chi connectivity index (χ4v) is 3.22. The Bertz CT molecular complexity index is 596. The number of hydrogen-bond acceptors (Lipinski definition) is 7. The van der Waals surface area contributed by atoms with Crippen molar-refractivity contribution < 1.29 is 13.9 Å². The number of carbonyl (C=O) groups excluding carboxylic acids is 1. The number of methoxy groups -OCH3 is 1. The smallest absolute Gasteiger partial charge is 0.323 e. The van der Waals surface area contributed by atoms with Gasteiger partial charge < -0.3 is 9.15 Å². The second kappa shape index (κ2) is 6.36. The van der Waals surface area contributed by atoms with Gasteiger partial charge in [0.05, 0.1) is 18.5 Å². The summed E-state index contributed by atoms with van der Waals surface area (Å²) in [6.45, 7) is 1.33. The van der Waals surface area contributed by atoms with Crippen molar-refractivity contribution in [1.82, 2.24) is 15.1 Å². The molecule has 21 heavy (non-hydrogen) atoms. The van der Waals surface area contributed by atoms with Gasteiger partial charge in [-0.25, -0.2) is 0 Å². The molecule has 1 unspecified atom stereocenters. The van der Waals surface area contributed by atoms with E-state index in [0.29, 0.717) is 18.3 Å². The van der Waals surface area contributed by atoms with Crippen LogP contribution in [0.3, 0.4) is 0 Å². The maximum Gasteiger partial charge on any atom is 0.323 e. The van der Waals surface area contributed by atoms with Crippen molar-refractivity contribution in [3.05, 3.63) is 23.4 Å². The maximum absolute atomic E-state index is 11.8. The highest BCUT2D eigenvalue weighted by Gasteiger charge is 2.30. The molecule has 0 radical (unpaired) electrons. The van der Waals surface area contributed by atoms with Crippen LogP contribution in [0.15, 0.2) is 21.9 Å². The van der Waals surface area contributed by atoms with Crippen molar-refractivity contribution in [3.63, 3.8) is 0 Å². The van der Waals surface area contributed by atoms with Gasteiger partial charge in [-0.1, -0.05) is 12.5 Å². The van der Waals surface area contributed by atoms with Crippen LogP contribution in [0.2, 0.25) is 0 Å². The molecule has 0 bridgehead atoms. The largest absolute Gasteiger partial charge is 0.468 e. The minimum absolute atomic E-state index is 0.187. The van der Waals surface area contributed by atoms with Gasteiger partial charge in [-0.05, 0) is 30.8 Å². The Morgan fingerprint density at radius 2 is 2.43 bits per heavy atom. The number of thiophene rings is 1. The summed E-state index contributed by atoms with van der Waals surface area (Å²) in [5, 5.41) is 10.1. The van der Waals surface area contributed by atoms with Crippen LogP contribution in [-0.2, 0) is 16.1 Å². The van der Waals surface area contributed by atoms with Gasteiger partial charge in [0.1, 0.15) is 6.04 Å². The molecule has 0 spiro atoms.